The number of imidazole rings is 1. The van der Waals surface area contributed by atoms with E-state index in [9.17, 15) is 32.4 Å². The van der Waals surface area contributed by atoms with E-state index in [1.54, 1.807) is 19.2 Å². The average Bonchev–Trinajstić information content (AvgIpc) is 3.86. The molecule has 2 amide bonds. The number of hydrogen-bond donors (Lipinski definition) is 2. The number of halogens is 4. The highest BCUT2D eigenvalue weighted by atomic mass is 19.3. The van der Waals surface area contributed by atoms with Crippen molar-refractivity contribution in [3.8, 4) is 6.07 Å². The van der Waals surface area contributed by atoms with Crippen molar-refractivity contribution in [1.29, 1.82) is 5.26 Å². The Labute approximate surface area is 243 Å². The van der Waals surface area contributed by atoms with Gasteiger partial charge in [0.15, 0.2) is 11.3 Å². The van der Waals surface area contributed by atoms with Crippen LogP contribution in [0.5, 0.6) is 0 Å². The lowest BCUT2D eigenvalue weighted by Crippen LogP contribution is -2.44. The summed E-state index contributed by atoms with van der Waals surface area (Å²) in [5.41, 5.74) is 0.119. The van der Waals surface area contributed by atoms with Crippen molar-refractivity contribution in [3.63, 3.8) is 0 Å². The lowest BCUT2D eigenvalue weighted by Gasteiger charge is -2.33. The van der Waals surface area contributed by atoms with Crippen molar-refractivity contribution in [2.45, 2.75) is 88.6 Å². The molecule has 2 N–H and O–H groups in total. The molecule has 11 nitrogen and oxygen atoms in total. The van der Waals surface area contributed by atoms with Crippen LogP contribution in [0.1, 0.15) is 97.3 Å². The highest BCUT2D eigenvalue weighted by Crippen LogP contribution is 2.55. The van der Waals surface area contributed by atoms with E-state index >= 15 is 0 Å². The van der Waals surface area contributed by atoms with Gasteiger partial charge < -0.3 is 10.6 Å². The number of amides is 2. The quantitative estimate of drug-likeness (QED) is 0.319. The largest absolute Gasteiger partial charge is 0.342 e. The summed E-state index contributed by atoms with van der Waals surface area (Å²) < 4.78 is 63.4. The third-order valence-electron chi connectivity index (χ3n) is 8.81. The van der Waals surface area contributed by atoms with Crippen molar-refractivity contribution in [2.75, 3.05) is 0 Å². The molecule has 0 bridgehead atoms. The van der Waals surface area contributed by atoms with Gasteiger partial charge in [-0.15, -0.1) is 0 Å². The molecular weight excluding hydrogens is 572 g/mol. The molecule has 6 rings (SSSR count). The normalized spacial score (nSPS) is 21.1. The summed E-state index contributed by atoms with van der Waals surface area (Å²) in [4.78, 5) is 30.3. The minimum absolute atomic E-state index is 0.0429. The number of carbonyl (C=O) groups is 2. The van der Waals surface area contributed by atoms with Gasteiger partial charge in [0, 0.05) is 19.3 Å². The van der Waals surface area contributed by atoms with Crippen LogP contribution in [0, 0.1) is 35.5 Å². The second-order valence-electron chi connectivity index (χ2n) is 12.1. The van der Waals surface area contributed by atoms with Gasteiger partial charge in [-0.2, -0.15) is 19.1 Å². The lowest BCUT2D eigenvalue weighted by molar-refractivity contribution is -0.148. The van der Waals surface area contributed by atoms with Crippen LogP contribution in [0.4, 0.5) is 17.6 Å². The zero-order valence-electron chi connectivity index (χ0n) is 23.3. The second kappa shape index (κ2) is 10.6. The molecule has 15 heteroatoms. The molecule has 3 aromatic rings. The topological polar surface area (TPSA) is 151 Å². The summed E-state index contributed by atoms with van der Waals surface area (Å²) in [5.74, 6) is -8.94. The Morgan fingerprint density at radius 1 is 1.16 bits per heavy atom. The van der Waals surface area contributed by atoms with E-state index in [-0.39, 0.29) is 54.6 Å². The van der Waals surface area contributed by atoms with E-state index in [0.29, 0.717) is 36.9 Å². The maximum atomic E-state index is 14.7. The molecule has 43 heavy (non-hydrogen) atoms. The van der Waals surface area contributed by atoms with E-state index in [4.69, 9.17) is 0 Å². The highest BCUT2D eigenvalue weighted by molar-refractivity contribution is 5.93. The monoisotopic (exact) mass is 602 g/mol. The third kappa shape index (κ3) is 5.92. The fraction of sp³-hybridized carbons (Fsp3) is 0.607. The van der Waals surface area contributed by atoms with Gasteiger partial charge in [-0.25, -0.2) is 22.9 Å². The number of hydrogen-bond acceptors (Lipinski definition) is 8. The fourth-order valence-electron chi connectivity index (χ4n) is 5.85. The molecule has 3 saturated carbocycles. The first-order valence-electron chi connectivity index (χ1n) is 14.3. The van der Waals surface area contributed by atoms with Gasteiger partial charge in [0.2, 0.25) is 5.92 Å². The Morgan fingerprint density at radius 3 is 2.49 bits per heavy atom. The third-order valence-corrected chi connectivity index (χ3v) is 8.81. The fourth-order valence-corrected chi connectivity index (χ4v) is 5.85. The number of nitrogens with one attached hydrogen (secondary N) is 2. The molecule has 228 valence electrons. The molecule has 3 aromatic heterocycles. The number of nitriles is 1. The Balaban J connectivity index is 1.30. The summed E-state index contributed by atoms with van der Waals surface area (Å²) in [6.45, 7) is 1.54. The molecule has 3 fully saturated rings. The van der Waals surface area contributed by atoms with Gasteiger partial charge in [0.1, 0.15) is 5.69 Å². The summed E-state index contributed by atoms with van der Waals surface area (Å²) in [6.07, 6.45) is 4.17. The minimum Gasteiger partial charge on any atom is -0.342 e. The van der Waals surface area contributed by atoms with Gasteiger partial charge in [-0.1, -0.05) is 5.16 Å². The van der Waals surface area contributed by atoms with E-state index in [1.165, 1.54) is 10.7 Å². The first kappa shape index (κ1) is 29.0. The number of aromatic nitrogens is 5. The van der Waals surface area contributed by atoms with E-state index in [2.05, 4.69) is 41.7 Å². The predicted molar refractivity (Wildman–Crippen MR) is 140 cm³/mol. The number of aryl methyl sites for hydroxylation is 1. The predicted octanol–water partition coefficient (Wildman–Crippen LogP) is 4.61. The molecule has 0 radical (unpaired) electrons. The van der Waals surface area contributed by atoms with Gasteiger partial charge in [0.05, 0.1) is 41.7 Å². The van der Waals surface area contributed by atoms with Crippen LogP contribution in [-0.4, -0.2) is 48.6 Å². The number of nitrogens with zero attached hydrogens (tertiary/aromatic N) is 6. The van der Waals surface area contributed by atoms with Crippen molar-refractivity contribution in [3.05, 3.63) is 41.1 Å². The molecule has 3 aliphatic carbocycles. The van der Waals surface area contributed by atoms with Crippen LogP contribution < -0.4 is 10.6 Å². The van der Waals surface area contributed by atoms with Crippen molar-refractivity contribution in [1.82, 2.24) is 35.5 Å². The molecule has 0 spiro atoms. The lowest BCUT2D eigenvalue weighted by atomic mass is 9.81. The SMILES string of the molecule is Cc1nonc1C(=O)N[C@H](c1cn2ncc(C(NC(=O)C(F)(F)CC3CC3)C3(C#N)CC3)cc2n1)C1CCC(F)(F)CC1. The van der Waals surface area contributed by atoms with Crippen LogP contribution >= 0.6 is 0 Å². The molecule has 0 aromatic carbocycles. The first-order valence-corrected chi connectivity index (χ1v) is 14.3. The van der Waals surface area contributed by atoms with Gasteiger partial charge >= 0.3 is 5.92 Å². The number of carbonyl (C=O) groups excluding carboxylic acids is 2. The van der Waals surface area contributed by atoms with Crippen molar-refractivity contribution >= 4 is 17.5 Å². The summed E-state index contributed by atoms with van der Waals surface area (Å²) >= 11 is 0. The van der Waals surface area contributed by atoms with E-state index < -0.39 is 47.6 Å². The summed E-state index contributed by atoms with van der Waals surface area (Å²) in [7, 11) is 0. The maximum absolute atomic E-state index is 14.7. The zero-order valence-corrected chi connectivity index (χ0v) is 23.3. The second-order valence-corrected chi connectivity index (χ2v) is 12.1. The van der Waals surface area contributed by atoms with Crippen LogP contribution in [0.2, 0.25) is 0 Å². The summed E-state index contributed by atoms with van der Waals surface area (Å²) in [6, 6.07) is 1.91. The minimum atomic E-state index is -3.57. The highest BCUT2D eigenvalue weighted by Gasteiger charge is 2.54. The Morgan fingerprint density at radius 2 is 1.88 bits per heavy atom. The number of rotatable bonds is 10. The molecule has 3 aliphatic rings. The van der Waals surface area contributed by atoms with E-state index in [0.717, 1.165) is 0 Å². The van der Waals surface area contributed by atoms with Crippen LogP contribution in [0.25, 0.3) is 5.65 Å². The molecular formula is C28H30F4N8O3. The summed E-state index contributed by atoms with van der Waals surface area (Å²) in [5, 5.41) is 26.7. The molecule has 2 atom stereocenters. The maximum Gasteiger partial charge on any atom is 0.324 e. The molecule has 3 heterocycles. The number of alkyl halides is 4. The standard InChI is InChI=1S/C28H30F4N8O3/c1-15-21(39-43-38-15)24(41)36-22(17-4-6-27(29,30)7-5-17)19-13-40-20(35-19)10-18(12-34-40)23(26(14-33)8-9-26)37-25(42)28(31,32)11-16-2-3-16/h10,12-13,16-17,22-23H,2-9,11H2,1H3,(H,36,41)(H,37,42)/t22-,23?/m0/s1. The molecule has 1 unspecified atom stereocenters. The average molecular weight is 603 g/mol. The smallest absolute Gasteiger partial charge is 0.324 e. The van der Waals surface area contributed by atoms with Crippen molar-refractivity contribution < 1.29 is 31.8 Å². The van der Waals surface area contributed by atoms with Crippen LogP contribution in [0.3, 0.4) is 0 Å². The van der Waals surface area contributed by atoms with Crippen molar-refractivity contribution in [2.24, 2.45) is 17.3 Å². The van der Waals surface area contributed by atoms with Gasteiger partial charge in [0.25, 0.3) is 11.8 Å². The van der Waals surface area contributed by atoms with E-state index in [1.807, 2.05) is 0 Å². The molecule has 0 saturated heterocycles. The van der Waals surface area contributed by atoms with Crippen LogP contribution in [0.15, 0.2) is 23.1 Å². The zero-order chi connectivity index (χ0) is 30.6. The molecule has 0 aliphatic heterocycles. The Kier molecular flexibility index (Phi) is 7.13. The Hall–Kier alpha value is -4.09. The Bertz CT molecular complexity index is 1580. The number of fused-ring (bicyclic) bond motifs is 1. The first-order chi connectivity index (χ1) is 20.4. The van der Waals surface area contributed by atoms with Gasteiger partial charge in [-0.05, 0) is 74.1 Å². The van der Waals surface area contributed by atoms with Gasteiger partial charge in [-0.3, -0.25) is 9.59 Å². The van der Waals surface area contributed by atoms with Crippen LogP contribution in [-0.2, 0) is 4.79 Å².